The highest BCUT2D eigenvalue weighted by Crippen LogP contribution is 2.39. The standard InChI is InChI=1S/C20H21Cl2FN4O2/c1-10-14-13(7-24-17(22)15(14)23)18(25-16(10)21)27-11-5-6-12(27)9-26(8-11)19(28)29-20(2,3)4/h5-7,11-12H,8-9H2,1-4H3. The number of nitrogens with zero attached hydrogens (tertiary/aromatic N) is 4. The molecule has 0 N–H and O–H groups in total. The maximum atomic E-state index is 14.7. The Bertz CT molecular complexity index is 1010. The molecular weight excluding hydrogens is 418 g/mol. The van der Waals surface area contributed by atoms with E-state index in [0.29, 0.717) is 35.2 Å². The van der Waals surface area contributed by atoms with Gasteiger partial charge in [0.1, 0.15) is 16.6 Å². The fourth-order valence-electron chi connectivity index (χ4n) is 3.84. The summed E-state index contributed by atoms with van der Waals surface area (Å²) in [5.74, 6) is -0.0811. The van der Waals surface area contributed by atoms with Crippen molar-refractivity contribution in [3.05, 3.63) is 40.0 Å². The summed E-state index contributed by atoms with van der Waals surface area (Å²) in [5.41, 5.74) is -0.0503. The molecule has 0 spiro atoms. The number of hydrogen-bond acceptors (Lipinski definition) is 5. The van der Waals surface area contributed by atoms with E-state index >= 15 is 0 Å². The number of aromatic nitrogens is 2. The summed E-state index contributed by atoms with van der Waals surface area (Å²) < 4.78 is 20.2. The van der Waals surface area contributed by atoms with E-state index in [-0.39, 0.29) is 28.5 Å². The summed E-state index contributed by atoms with van der Waals surface area (Å²) in [6.07, 6.45) is 5.22. The van der Waals surface area contributed by atoms with Gasteiger partial charge >= 0.3 is 6.09 Å². The van der Waals surface area contributed by atoms with Gasteiger partial charge in [-0.15, -0.1) is 0 Å². The molecule has 2 aliphatic rings. The van der Waals surface area contributed by atoms with Gasteiger partial charge in [-0.25, -0.2) is 19.2 Å². The number of carbonyl (C=O) groups is 1. The van der Waals surface area contributed by atoms with Gasteiger partial charge < -0.3 is 14.5 Å². The van der Waals surface area contributed by atoms with Crippen LogP contribution in [0.4, 0.5) is 15.0 Å². The zero-order chi connectivity index (χ0) is 21.1. The number of anilines is 1. The minimum atomic E-state index is -0.611. The normalized spacial score (nSPS) is 21.2. The van der Waals surface area contributed by atoms with E-state index in [1.807, 2.05) is 37.8 Å². The van der Waals surface area contributed by atoms with Crippen molar-refractivity contribution in [2.24, 2.45) is 0 Å². The maximum absolute atomic E-state index is 14.7. The first-order chi connectivity index (χ1) is 13.6. The van der Waals surface area contributed by atoms with E-state index in [1.165, 1.54) is 6.20 Å². The molecule has 1 saturated heterocycles. The second-order valence-electron chi connectivity index (χ2n) is 8.32. The molecule has 1 fully saturated rings. The number of rotatable bonds is 1. The van der Waals surface area contributed by atoms with Crippen molar-refractivity contribution in [3.8, 4) is 0 Å². The summed E-state index contributed by atoms with van der Waals surface area (Å²) in [4.78, 5) is 24.7. The topological polar surface area (TPSA) is 58.6 Å². The number of halogens is 3. The lowest BCUT2D eigenvalue weighted by Gasteiger charge is -2.42. The van der Waals surface area contributed by atoms with Crippen LogP contribution in [-0.2, 0) is 4.74 Å². The molecule has 2 aliphatic heterocycles. The van der Waals surface area contributed by atoms with Crippen LogP contribution in [0.2, 0.25) is 10.3 Å². The highest BCUT2D eigenvalue weighted by atomic mass is 35.5. The van der Waals surface area contributed by atoms with Gasteiger partial charge in [0, 0.05) is 30.1 Å². The molecule has 2 aromatic rings. The molecule has 4 rings (SSSR count). The molecule has 0 aromatic carbocycles. The van der Waals surface area contributed by atoms with Crippen LogP contribution < -0.4 is 4.90 Å². The lowest BCUT2D eigenvalue weighted by atomic mass is 10.1. The van der Waals surface area contributed by atoms with Gasteiger partial charge in [0.15, 0.2) is 11.0 Å². The number of carbonyl (C=O) groups excluding carboxylic acids is 1. The fraction of sp³-hybridized carbons (Fsp3) is 0.450. The van der Waals surface area contributed by atoms with Crippen LogP contribution in [0.3, 0.4) is 0 Å². The van der Waals surface area contributed by atoms with Crippen molar-refractivity contribution in [2.45, 2.75) is 45.4 Å². The van der Waals surface area contributed by atoms with E-state index in [2.05, 4.69) is 9.97 Å². The number of ether oxygens (including phenoxy) is 1. The average Bonchev–Trinajstić information content (AvgIpc) is 2.88. The Balaban J connectivity index is 1.71. The first-order valence-electron chi connectivity index (χ1n) is 9.31. The molecule has 2 bridgehead atoms. The number of hydrogen-bond donors (Lipinski definition) is 0. The molecule has 0 radical (unpaired) electrons. The number of aryl methyl sites for hydroxylation is 1. The van der Waals surface area contributed by atoms with Gasteiger partial charge in [-0.05, 0) is 33.3 Å². The lowest BCUT2D eigenvalue weighted by Crippen LogP contribution is -2.57. The second kappa shape index (κ2) is 6.99. The zero-order valence-corrected chi connectivity index (χ0v) is 18.1. The lowest BCUT2D eigenvalue weighted by molar-refractivity contribution is 0.0215. The van der Waals surface area contributed by atoms with Crippen molar-refractivity contribution >= 4 is 45.9 Å². The first-order valence-corrected chi connectivity index (χ1v) is 10.1. The van der Waals surface area contributed by atoms with Gasteiger partial charge in [0.05, 0.1) is 12.1 Å². The monoisotopic (exact) mass is 438 g/mol. The highest BCUT2D eigenvalue weighted by molar-refractivity contribution is 6.32. The van der Waals surface area contributed by atoms with Crippen LogP contribution in [0, 0.1) is 12.7 Å². The quantitative estimate of drug-likeness (QED) is 0.474. The average molecular weight is 439 g/mol. The first kappa shape index (κ1) is 20.2. The molecule has 4 heterocycles. The molecule has 9 heteroatoms. The Hall–Kier alpha value is -2.12. The van der Waals surface area contributed by atoms with E-state index < -0.39 is 11.4 Å². The van der Waals surface area contributed by atoms with Gasteiger partial charge in [-0.1, -0.05) is 35.4 Å². The molecular formula is C20H21Cl2FN4O2. The Labute approximate surface area is 178 Å². The fourth-order valence-corrected chi connectivity index (χ4v) is 4.16. The molecule has 0 saturated carbocycles. The summed E-state index contributed by atoms with van der Waals surface area (Å²) in [6, 6.07) is -0.260. The Morgan fingerprint density at radius 1 is 1.21 bits per heavy atom. The molecule has 154 valence electrons. The third-order valence-corrected chi connectivity index (χ3v) is 5.72. The molecule has 2 unspecified atom stereocenters. The van der Waals surface area contributed by atoms with Crippen LogP contribution in [-0.4, -0.2) is 51.7 Å². The third-order valence-electron chi connectivity index (χ3n) is 5.09. The number of amides is 1. The maximum Gasteiger partial charge on any atom is 0.410 e. The number of fused-ring (bicyclic) bond motifs is 3. The number of pyridine rings is 2. The molecule has 0 aliphatic carbocycles. The van der Waals surface area contributed by atoms with Crippen molar-refractivity contribution < 1.29 is 13.9 Å². The predicted octanol–water partition coefficient (Wildman–Crippen LogP) is 4.75. The predicted molar refractivity (Wildman–Crippen MR) is 111 cm³/mol. The molecule has 2 atom stereocenters. The molecule has 29 heavy (non-hydrogen) atoms. The molecule has 1 amide bonds. The van der Waals surface area contributed by atoms with Crippen molar-refractivity contribution in [1.29, 1.82) is 0 Å². The number of piperazine rings is 1. The van der Waals surface area contributed by atoms with Crippen molar-refractivity contribution in [2.75, 3.05) is 18.0 Å². The van der Waals surface area contributed by atoms with Gasteiger partial charge in [-0.3, -0.25) is 0 Å². The van der Waals surface area contributed by atoms with Crippen molar-refractivity contribution in [3.63, 3.8) is 0 Å². The Kier molecular flexibility index (Phi) is 4.86. The van der Waals surface area contributed by atoms with Crippen LogP contribution in [0.25, 0.3) is 10.8 Å². The highest BCUT2D eigenvalue weighted by Gasteiger charge is 2.41. The van der Waals surface area contributed by atoms with Crippen molar-refractivity contribution in [1.82, 2.24) is 14.9 Å². The third kappa shape index (κ3) is 3.51. The minimum Gasteiger partial charge on any atom is -0.444 e. The van der Waals surface area contributed by atoms with Crippen LogP contribution >= 0.6 is 23.2 Å². The smallest absolute Gasteiger partial charge is 0.410 e. The van der Waals surface area contributed by atoms with E-state index in [0.717, 1.165) is 0 Å². The van der Waals surface area contributed by atoms with E-state index in [1.54, 1.807) is 11.8 Å². The summed E-state index contributed by atoms with van der Waals surface area (Å²) in [5, 5.41) is 0.861. The van der Waals surface area contributed by atoms with Crippen LogP contribution in [0.5, 0.6) is 0 Å². The van der Waals surface area contributed by atoms with Gasteiger partial charge in [0.2, 0.25) is 0 Å². The largest absolute Gasteiger partial charge is 0.444 e. The molecule has 2 aromatic heterocycles. The summed E-state index contributed by atoms with van der Waals surface area (Å²) in [6.45, 7) is 8.08. The van der Waals surface area contributed by atoms with Crippen LogP contribution in [0.1, 0.15) is 26.3 Å². The van der Waals surface area contributed by atoms with E-state index in [4.69, 9.17) is 27.9 Å². The second-order valence-corrected chi connectivity index (χ2v) is 9.03. The van der Waals surface area contributed by atoms with E-state index in [9.17, 15) is 9.18 Å². The summed E-state index contributed by atoms with van der Waals surface area (Å²) >= 11 is 12.2. The van der Waals surface area contributed by atoms with Gasteiger partial charge in [0.25, 0.3) is 0 Å². The van der Waals surface area contributed by atoms with Crippen LogP contribution in [0.15, 0.2) is 18.3 Å². The summed E-state index contributed by atoms with van der Waals surface area (Å²) in [7, 11) is 0. The SMILES string of the molecule is Cc1c(Cl)nc(N2C3C=CC2CN(C(=O)OC(C)(C)C)C3)c2cnc(Cl)c(F)c12. The Morgan fingerprint density at radius 2 is 1.83 bits per heavy atom. The Morgan fingerprint density at radius 3 is 2.41 bits per heavy atom. The minimum absolute atomic E-state index is 0.130. The molecule has 6 nitrogen and oxygen atoms in total. The van der Waals surface area contributed by atoms with Gasteiger partial charge in [-0.2, -0.15) is 0 Å². The zero-order valence-electron chi connectivity index (χ0n) is 16.5.